The number of hydrogen-bond donors (Lipinski definition) is 2. The molecule has 0 atom stereocenters. The highest BCUT2D eigenvalue weighted by molar-refractivity contribution is 6.29. The molecule has 1 amide bonds. The molecule has 0 bridgehead atoms. The molecule has 0 fully saturated rings. The molecule has 5 nitrogen and oxygen atoms in total. The Morgan fingerprint density at radius 3 is 2.72 bits per heavy atom. The number of halogens is 2. The number of rotatable bonds is 7. The Bertz CT molecular complexity index is 350. The summed E-state index contributed by atoms with van der Waals surface area (Å²) in [4.78, 5) is 11.5. The maximum Gasteiger partial charge on any atom is 0.229 e. The van der Waals surface area contributed by atoms with E-state index < -0.39 is 0 Å². The number of aryl methyl sites for hydroxylation is 1. The van der Waals surface area contributed by atoms with E-state index in [0.29, 0.717) is 19.4 Å². The highest BCUT2D eigenvalue weighted by atomic mass is 35.5. The molecule has 0 saturated heterocycles. The number of hydrogen-bond acceptors (Lipinski definition) is 4. The van der Waals surface area contributed by atoms with Crippen LogP contribution >= 0.6 is 24.0 Å². The van der Waals surface area contributed by atoms with Gasteiger partial charge >= 0.3 is 0 Å². The Labute approximate surface area is 118 Å². The maximum atomic E-state index is 11.5. The number of amides is 1. The Morgan fingerprint density at radius 1 is 1.44 bits per heavy atom. The van der Waals surface area contributed by atoms with Crippen molar-refractivity contribution in [2.24, 2.45) is 0 Å². The number of carbonyl (C=O) groups is 1. The molecule has 1 heterocycles. The van der Waals surface area contributed by atoms with Gasteiger partial charge in [-0.25, -0.2) is 0 Å². The minimum absolute atomic E-state index is 0. The van der Waals surface area contributed by atoms with E-state index in [2.05, 4.69) is 15.8 Å². The molecule has 1 rings (SSSR count). The second-order valence-electron chi connectivity index (χ2n) is 3.83. The van der Waals surface area contributed by atoms with Crippen LogP contribution in [-0.2, 0) is 11.2 Å². The number of aromatic nitrogens is 1. The number of nitrogens with zero attached hydrogens (tertiary/aromatic N) is 1. The van der Waals surface area contributed by atoms with E-state index in [9.17, 15) is 4.79 Å². The van der Waals surface area contributed by atoms with Crippen LogP contribution < -0.4 is 10.6 Å². The largest absolute Gasteiger partial charge is 0.356 e. The van der Waals surface area contributed by atoms with Crippen molar-refractivity contribution in [3.8, 4) is 0 Å². The van der Waals surface area contributed by atoms with Crippen LogP contribution in [0.2, 0.25) is 5.22 Å². The standard InChI is InChI=1S/C11H18ClN3O2.ClH/c1-8-9(11(12)17-15-8)4-5-10(16)14-7-3-6-13-2;/h13H,3-7H2,1-2H3,(H,14,16);1H. The highest BCUT2D eigenvalue weighted by Crippen LogP contribution is 2.20. The molecule has 0 unspecified atom stereocenters. The zero-order valence-electron chi connectivity index (χ0n) is 10.6. The van der Waals surface area contributed by atoms with Crippen LogP contribution in [0.4, 0.5) is 0 Å². The van der Waals surface area contributed by atoms with Crippen LogP contribution in [0.25, 0.3) is 0 Å². The lowest BCUT2D eigenvalue weighted by Crippen LogP contribution is -2.26. The van der Waals surface area contributed by atoms with E-state index in [0.717, 1.165) is 24.2 Å². The molecular formula is C11H19Cl2N3O2. The molecule has 2 N–H and O–H groups in total. The Balaban J connectivity index is 0.00000289. The van der Waals surface area contributed by atoms with Crippen LogP contribution in [0.3, 0.4) is 0 Å². The van der Waals surface area contributed by atoms with Gasteiger partial charge in [-0.1, -0.05) is 5.16 Å². The fraction of sp³-hybridized carbons (Fsp3) is 0.636. The van der Waals surface area contributed by atoms with Gasteiger partial charge in [0, 0.05) is 18.5 Å². The summed E-state index contributed by atoms with van der Waals surface area (Å²) in [6.07, 6.45) is 1.89. The Hall–Kier alpha value is -0.780. The lowest BCUT2D eigenvalue weighted by molar-refractivity contribution is -0.121. The fourth-order valence-corrected chi connectivity index (χ4v) is 1.73. The van der Waals surface area contributed by atoms with Gasteiger partial charge in [0.2, 0.25) is 11.1 Å². The smallest absolute Gasteiger partial charge is 0.229 e. The van der Waals surface area contributed by atoms with E-state index in [1.807, 2.05) is 14.0 Å². The topological polar surface area (TPSA) is 67.2 Å². The van der Waals surface area contributed by atoms with E-state index in [4.69, 9.17) is 16.1 Å². The van der Waals surface area contributed by atoms with Gasteiger partial charge in [-0.3, -0.25) is 4.79 Å². The average Bonchev–Trinajstić information content (AvgIpc) is 2.62. The SMILES string of the molecule is CNCCCNC(=O)CCc1c(C)noc1Cl.Cl. The lowest BCUT2D eigenvalue weighted by Gasteiger charge is -2.04. The van der Waals surface area contributed by atoms with Crippen molar-refractivity contribution >= 4 is 29.9 Å². The molecule has 0 aromatic carbocycles. The summed E-state index contributed by atoms with van der Waals surface area (Å²) in [5, 5.41) is 9.88. The van der Waals surface area contributed by atoms with Gasteiger partial charge in [-0.05, 0) is 45.0 Å². The van der Waals surface area contributed by atoms with E-state index >= 15 is 0 Å². The van der Waals surface area contributed by atoms with Crippen molar-refractivity contribution in [3.05, 3.63) is 16.5 Å². The zero-order valence-corrected chi connectivity index (χ0v) is 12.2. The normalized spacial score (nSPS) is 9.94. The molecule has 104 valence electrons. The van der Waals surface area contributed by atoms with Crippen molar-refractivity contribution in [3.63, 3.8) is 0 Å². The van der Waals surface area contributed by atoms with Gasteiger partial charge in [0.15, 0.2) is 0 Å². The van der Waals surface area contributed by atoms with Gasteiger partial charge in [-0.2, -0.15) is 0 Å². The highest BCUT2D eigenvalue weighted by Gasteiger charge is 2.12. The summed E-state index contributed by atoms with van der Waals surface area (Å²) in [7, 11) is 1.89. The summed E-state index contributed by atoms with van der Waals surface area (Å²) in [5.41, 5.74) is 1.56. The van der Waals surface area contributed by atoms with Gasteiger partial charge in [0.25, 0.3) is 0 Å². The molecule has 7 heteroatoms. The maximum absolute atomic E-state index is 11.5. The molecule has 18 heavy (non-hydrogen) atoms. The van der Waals surface area contributed by atoms with E-state index in [-0.39, 0.29) is 23.5 Å². The molecule has 0 radical (unpaired) electrons. The van der Waals surface area contributed by atoms with Crippen molar-refractivity contribution < 1.29 is 9.32 Å². The molecule has 1 aromatic heterocycles. The third-order valence-electron chi connectivity index (χ3n) is 2.46. The first-order valence-electron chi connectivity index (χ1n) is 5.67. The van der Waals surface area contributed by atoms with Crippen molar-refractivity contribution in [2.45, 2.75) is 26.2 Å². The zero-order chi connectivity index (χ0) is 12.7. The molecule has 0 aliphatic heterocycles. The average molecular weight is 296 g/mol. The van der Waals surface area contributed by atoms with E-state index in [1.54, 1.807) is 0 Å². The summed E-state index contributed by atoms with van der Waals surface area (Å²) >= 11 is 5.80. The van der Waals surface area contributed by atoms with Crippen molar-refractivity contribution in [1.82, 2.24) is 15.8 Å². The summed E-state index contributed by atoms with van der Waals surface area (Å²) in [5.74, 6) is 0.0257. The molecule has 1 aromatic rings. The Kier molecular flexibility index (Phi) is 8.79. The van der Waals surface area contributed by atoms with E-state index in [1.165, 1.54) is 0 Å². The first-order chi connectivity index (χ1) is 8.15. The van der Waals surface area contributed by atoms with Crippen LogP contribution in [0.5, 0.6) is 0 Å². The summed E-state index contributed by atoms with van der Waals surface area (Å²) < 4.78 is 4.82. The van der Waals surface area contributed by atoms with Gasteiger partial charge in [0.05, 0.1) is 5.69 Å². The van der Waals surface area contributed by atoms with Crippen LogP contribution in [0.1, 0.15) is 24.1 Å². The minimum atomic E-state index is 0. The predicted molar refractivity (Wildman–Crippen MR) is 73.4 cm³/mol. The predicted octanol–water partition coefficient (Wildman–Crippen LogP) is 1.72. The minimum Gasteiger partial charge on any atom is -0.356 e. The van der Waals surface area contributed by atoms with Gasteiger partial charge in [-0.15, -0.1) is 12.4 Å². The first-order valence-corrected chi connectivity index (χ1v) is 6.05. The van der Waals surface area contributed by atoms with Crippen LogP contribution in [0.15, 0.2) is 4.52 Å². The Morgan fingerprint density at radius 2 is 2.17 bits per heavy atom. The molecular weight excluding hydrogens is 277 g/mol. The molecule has 0 aliphatic carbocycles. The third kappa shape index (κ3) is 5.71. The molecule has 0 saturated carbocycles. The summed E-state index contributed by atoms with van der Waals surface area (Å²) in [6.45, 7) is 3.41. The second kappa shape index (κ2) is 9.19. The van der Waals surface area contributed by atoms with Crippen molar-refractivity contribution in [1.29, 1.82) is 0 Å². The number of carbonyl (C=O) groups excluding carboxylic acids is 1. The number of nitrogens with one attached hydrogen (secondary N) is 2. The third-order valence-corrected chi connectivity index (χ3v) is 2.76. The van der Waals surface area contributed by atoms with Crippen LogP contribution in [0, 0.1) is 6.92 Å². The second-order valence-corrected chi connectivity index (χ2v) is 4.17. The quantitative estimate of drug-likeness (QED) is 0.752. The van der Waals surface area contributed by atoms with Crippen molar-refractivity contribution in [2.75, 3.05) is 20.1 Å². The fourth-order valence-electron chi connectivity index (χ4n) is 1.46. The van der Waals surface area contributed by atoms with Gasteiger partial charge < -0.3 is 15.2 Å². The lowest BCUT2D eigenvalue weighted by atomic mass is 10.1. The van der Waals surface area contributed by atoms with Gasteiger partial charge in [0.1, 0.15) is 0 Å². The molecule has 0 aliphatic rings. The summed E-state index contributed by atoms with van der Waals surface area (Å²) in [6, 6.07) is 0. The molecule has 0 spiro atoms. The monoisotopic (exact) mass is 295 g/mol. The first kappa shape index (κ1) is 17.2. The van der Waals surface area contributed by atoms with Crippen LogP contribution in [-0.4, -0.2) is 31.2 Å².